The van der Waals surface area contributed by atoms with E-state index in [1.807, 2.05) is 30.3 Å². The third-order valence-electron chi connectivity index (χ3n) is 2.06. The van der Waals surface area contributed by atoms with Gasteiger partial charge < -0.3 is 4.74 Å². The fraction of sp³-hybridized carbons (Fsp3) is 0.182. The number of aromatic amines is 1. The fourth-order valence-electron chi connectivity index (χ4n) is 1.37. The summed E-state index contributed by atoms with van der Waals surface area (Å²) >= 11 is 0. The van der Waals surface area contributed by atoms with E-state index < -0.39 is 0 Å². The smallest absolute Gasteiger partial charge is 0.359 e. The molecular weight excluding hydrogens is 223 g/mol. The third kappa shape index (κ3) is 2.12. The van der Waals surface area contributed by atoms with Crippen LogP contribution in [0.2, 0.25) is 0 Å². The van der Waals surface area contributed by atoms with E-state index in [4.69, 9.17) is 4.74 Å². The largest absolute Gasteiger partial charge is 0.461 e. The first-order valence-corrected chi connectivity index (χ1v) is 5.85. The van der Waals surface area contributed by atoms with E-state index in [0.717, 1.165) is 19.2 Å². The number of esters is 1. The molecule has 0 aliphatic carbocycles. The highest BCUT2D eigenvalue weighted by Gasteiger charge is 2.17. The maximum absolute atomic E-state index is 11.6. The molecular formula is C11H11N2O2P. The molecule has 0 saturated carbocycles. The number of carbonyl (C=O) groups is 1. The standard InChI is InChI=1S/C11H11N2O2P/c1-2-15-11(14)9-10(16-13-12-9)8-6-4-3-5-7-8/h3-7H,2H2,1H3,(H,12,13). The molecule has 1 N–H and O–H groups in total. The van der Waals surface area contributed by atoms with E-state index in [1.165, 1.54) is 0 Å². The van der Waals surface area contributed by atoms with Gasteiger partial charge in [-0.3, -0.25) is 4.86 Å². The van der Waals surface area contributed by atoms with Gasteiger partial charge in [0.1, 0.15) is 0 Å². The summed E-state index contributed by atoms with van der Waals surface area (Å²) in [6.45, 7) is 2.14. The molecule has 0 spiro atoms. The summed E-state index contributed by atoms with van der Waals surface area (Å²) in [6.07, 6.45) is 0. The zero-order valence-electron chi connectivity index (χ0n) is 8.80. The second-order valence-corrected chi connectivity index (χ2v) is 3.98. The van der Waals surface area contributed by atoms with Gasteiger partial charge in [-0.25, -0.2) is 4.79 Å². The molecule has 1 aromatic carbocycles. The first kappa shape index (κ1) is 10.8. The van der Waals surface area contributed by atoms with Gasteiger partial charge in [0.05, 0.1) is 11.9 Å². The lowest BCUT2D eigenvalue weighted by Crippen LogP contribution is -2.06. The van der Waals surface area contributed by atoms with E-state index in [2.05, 4.69) is 9.96 Å². The van der Waals surface area contributed by atoms with Crippen molar-refractivity contribution in [1.29, 1.82) is 0 Å². The van der Waals surface area contributed by atoms with Crippen LogP contribution >= 0.6 is 8.35 Å². The predicted molar refractivity (Wildman–Crippen MR) is 62.5 cm³/mol. The Morgan fingerprint density at radius 2 is 2.19 bits per heavy atom. The van der Waals surface area contributed by atoms with Gasteiger partial charge in [-0.05, 0) is 12.5 Å². The average molecular weight is 234 g/mol. The van der Waals surface area contributed by atoms with Crippen LogP contribution in [0.4, 0.5) is 0 Å². The predicted octanol–water partition coefficient (Wildman–Crippen LogP) is 2.83. The van der Waals surface area contributed by atoms with Crippen LogP contribution in [0.1, 0.15) is 17.4 Å². The summed E-state index contributed by atoms with van der Waals surface area (Å²) in [5.74, 6) is -0.376. The normalized spacial score (nSPS) is 10.6. The summed E-state index contributed by atoms with van der Waals surface area (Å²) in [6, 6.07) is 9.69. The highest BCUT2D eigenvalue weighted by atomic mass is 31.0. The Labute approximate surface area is 94.8 Å². The van der Waals surface area contributed by atoms with E-state index in [1.54, 1.807) is 6.92 Å². The number of nitrogens with one attached hydrogen (secondary N) is 1. The minimum Gasteiger partial charge on any atom is -0.461 e. The number of carbonyl (C=O) groups excluding carboxylic acids is 1. The van der Waals surface area contributed by atoms with Crippen LogP contribution in [-0.4, -0.2) is 22.5 Å². The van der Waals surface area contributed by atoms with Crippen molar-refractivity contribution in [2.45, 2.75) is 6.92 Å². The molecule has 82 valence electrons. The number of hydrogen-bond acceptors (Lipinski definition) is 3. The van der Waals surface area contributed by atoms with E-state index in [-0.39, 0.29) is 5.97 Å². The fourth-order valence-corrected chi connectivity index (χ4v) is 2.15. The molecule has 2 aromatic rings. The SMILES string of the molecule is CCOC(=O)c1n[nH]pc1-c1ccccc1. The second-order valence-electron chi connectivity index (χ2n) is 3.11. The van der Waals surface area contributed by atoms with E-state index in [0.29, 0.717) is 12.3 Å². The minimum atomic E-state index is -0.376. The van der Waals surface area contributed by atoms with Gasteiger partial charge in [0, 0.05) is 8.35 Å². The van der Waals surface area contributed by atoms with Crippen molar-refractivity contribution in [2.24, 2.45) is 0 Å². The van der Waals surface area contributed by atoms with Crippen LogP contribution < -0.4 is 0 Å². The van der Waals surface area contributed by atoms with E-state index >= 15 is 0 Å². The lowest BCUT2D eigenvalue weighted by molar-refractivity contribution is 0.0520. The molecule has 1 heterocycles. The first-order chi connectivity index (χ1) is 7.83. The Hall–Kier alpha value is -1.67. The molecule has 0 bridgehead atoms. The summed E-state index contributed by atoms with van der Waals surface area (Å²) in [5.41, 5.74) is 1.36. The highest BCUT2D eigenvalue weighted by molar-refractivity contribution is 7.29. The Kier molecular flexibility index (Phi) is 3.32. The molecule has 0 amide bonds. The minimum absolute atomic E-state index is 0.358. The first-order valence-electron chi connectivity index (χ1n) is 4.96. The molecule has 0 fully saturated rings. The van der Waals surface area contributed by atoms with Crippen molar-refractivity contribution in [2.75, 3.05) is 6.61 Å². The van der Waals surface area contributed by atoms with Crippen molar-refractivity contribution in [3.05, 3.63) is 36.0 Å². The second kappa shape index (κ2) is 4.90. The van der Waals surface area contributed by atoms with E-state index in [9.17, 15) is 4.79 Å². The van der Waals surface area contributed by atoms with Gasteiger partial charge >= 0.3 is 5.97 Å². The summed E-state index contributed by atoms with van der Waals surface area (Å²) in [4.78, 5) is 14.4. The topological polar surface area (TPSA) is 55.0 Å². The Balaban J connectivity index is 2.37. The van der Waals surface area contributed by atoms with Crippen LogP contribution in [0.3, 0.4) is 0 Å². The van der Waals surface area contributed by atoms with Crippen molar-refractivity contribution in [3.63, 3.8) is 0 Å². The quantitative estimate of drug-likeness (QED) is 0.831. The molecule has 0 radical (unpaired) electrons. The van der Waals surface area contributed by atoms with Crippen LogP contribution in [0.25, 0.3) is 10.9 Å². The van der Waals surface area contributed by atoms with Crippen molar-refractivity contribution in [1.82, 2.24) is 9.96 Å². The number of benzene rings is 1. The molecule has 4 nitrogen and oxygen atoms in total. The number of nitrogens with zero attached hydrogens (tertiary/aromatic N) is 1. The Bertz CT molecular complexity index is 482. The van der Waals surface area contributed by atoms with Crippen molar-refractivity contribution < 1.29 is 9.53 Å². The van der Waals surface area contributed by atoms with Gasteiger partial charge in [0.15, 0.2) is 5.69 Å². The maximum Gasteiger partial charge on any atom is 0.359 e. The zero-order valence-corrected chi connectivity index (χ0v) is 9.70. The zero-order chi connectivity index (χ0) is 11.4. The highest BCUT2D eigenvalue weighted by Crippen LogP contribution is 2.29. The van der Waals surface area contributed by atoms with Gasteiger partial charge in [0.25, 0.3) is 0 Å². The summed E-state index contributed by atoms with van der Waals surface area (Å²) < 4.78 is 4.94. The molecule has 16 heavy (non-hydrogen) atoms. The van der Waals surface area contributed by atoms with Gasteiger partial charge in [-0.1, -0.05) is 30.3 Å². The lowest BCUT2D eigenvalue weighted by atomic mass is 10.1. The molecule has 0 aliphatic rings. The third-order valence-corrected chi connectivity index (χ3v) is 2.96. The Morgan fingerprint density at radius 1 is 1.44 bits per heavy atom. The summed E-state index contributed by atoms with van der Waals surface area (Å²) in [5, 5.41) is 4.82. The molecule has 0 aliphatic heterocycles. The number of H-pyrrole nitrogens is 1. The summed E-state index contributed by atoms with van der Waals surface area (Å²) in [7, 11) is 0.818. The monoisotopic (exact) mass is 234 g/mol. The molecule has 1 aromatic heterocycles. The lowest BCUT2D eigenvalue weighted by Gasteiger charge is -2.01. The van der Waals surface area contributed by atoms with Crippen molar-refractivity contribution >= 4 is 14.3 Å². The van der Waals surface area contributed by atoms with Crippen LogP contribution in [0.15, 0.2) is 30.3 Å². The number of aromatic nitrogens is 2. The molecule has 0 saturated heterocycles. The van der Waals surface area contributed by atoms with Gasteiger partial charge in [0.2, 0.25) is 0 Å². The average Bonchev–Trinajstić information content (AvgIpc) is 2.79. The van der Waals surface area contributed by atoms with Crippen LogP contribution in [0.5, 0.6) is 0 Å². The molecule has 5 heteroatoms. The van der Waals surface area contributed by atoms with Crippen LogP contribution in [-0.2, 0) is 4.74 Å². The number of rotatable bonds is 3. The van der Waals surface area contributed by atoms with Gasteiger partial charge in [-0.2, -0.15) is 5.10 Å². The molecule has 2 rings (SSSR count). The Morgan fingerprint density at radius 3 is 2.88 bits per heavy atom. The van der Waals surface area contributed by atoms with Crippen molar-refractivity contribution in [3.8, 4) is 10.9 Å². The van der Waals surface area contributed by atoms with Crippen LogP contribution in [0, 0.1) is 0 Å². The number of hydrogen-bond donors (Lipinski definition) is 1. The molecule has 0 unspecified atom stereocenters. The van der Waals surface area contributed by atoms with Gasteiger partial charge in [-0.15, -0.1) is 0 Å². The molecule has 0 atom stereocenters. The maximum atomic E-state index is 11.6. The number of ether oxygens (including phenoxy) is 1.